The predicted molar refractivity (Wildman–Crippen MR) is 80.6 cm³/mol. The van der Waals surface area contributed by atoms with Crippen LogP contribution in [-0.4, -0.2) is 0 Å². The Labute approximate surface area is 119 Å². The minimum atomic E-state index is 0.365. The van der Waals surface area contributed by atoms with Gasteiger partial charge in [0.05, 0.1) is 6.07 Å². The van der Waals surface area contributed by atoms with Gasteiger partial charge in [0, 0.05) is 5.92 Å². The highest BCUT2D eigenvalue weighted by Crippen LogP contribution is 2.41. The fourth-order valence-electron chi connectivity index (χ4n) is 3.98. The molecule has 0 bridgehead atoms. The number of unbranched alkanes of at least 4 members (excludes halogenated alkanes) is 1. The van der Waals surface area contributed by atoms with Crippen LogP contribution in [0.3, 0.4) is 0 Å². The van der Waals surface area contributed by atoms with Crippen molar-refractivity contribution in [3.05, 3.63) is 12.2 Å². The summed E-state index contributed by atoms with van der Waals surface area (Å²) in [6, 6.07) is 2.45. The molecule has 2 fully saturated rings. The maximum atomic E-state index is 8.97. The van der Waals surface area contributed by atoms with E-state index in [2.05, 4.69) is 25.1 Å². The van der Waals surface area contributed by atoms with E-state index in [9.17, 15) is 0 Å². The smallest absolute Gasteiger partial charge is 0.0655 e. The third-order valence-corrected chi connectivity index (χ3v) is 5.30. The molecule has 0 saturated heterocycles. The van der Waals surface area contributed by atoms with Crippen molar-refractivity contribution in [1.29, 1.82) is 5.26 Å². The Bertz CT molecular complexity index is 309. The standard InChI is InChI=1S/C18H29N/c1-2-3-4-5-15-6-10-17(11-7-15)18-12-8-16(14-19)9-13-18/h4-5,15-18H,2-3,6-13H2,1H3/b5-4+/t15-,16-,17-,18-. The molecular weight excluding hydrogens is 230 g/mol. The van der Waals surface area contributed by atoms with Crippen molar-refractivity contribution in [3.63, 3.8) is 0 Å². The van der Waals surface area contributed by atoms with Gasteiger partial charge in [-0.25, -0.2) is 0 Å². The van der Waals surface area contributed by atoms with Gasteiger partial charge in [0.25, 0.3) is 0 Å². The van der Waals surface area contributed by atoms with Crippen molar-refractivity contribution >= 4 is 0 Å². The molecule has 0 heterocycles. The number of hydrogen-bond acceptors (Lipinski definition) is 1. The van der Waals surface area contributed by atoms with Crippen LogP contribution in [0.2, 0.25) is 0 Å². The first-order valence-corrected chi connectivity index (χ1v) is 8.39. The summed E-state index contributed by atoms with van der Waals surface area (Å²) in [4.78, 5) is 0. The Kier molecular flexibility index (Phi) is 5.95. The van der Waals surface area contributed by atoms with Crippen LogP contribution < -0.4 is 0 Å². The molecule has 106 valence electrons. The lowest BCUT2D eigenvalue weighted by Gasteiger charge is -2.36. The van der Waals surface area contributed by atoms with Gasteiger partial charge >= 0.3 is 0 Å². The van der Waals surface area contributed by atoms with E-state index in [-0.39, 0.29) is 0 Å². The number of nitriles is 1. The average molecular weight is 259 g/mol. The van der Waals surface area contributed by atoms with Gasteiger partial charge in [-0.05, 0) is 75.5 Å². The Morgan fingerprint density at radius 1 is 0.947 bits per heavy atom. The van der Waals surface area contributed by atoms with Gasteiger partial charge in [0.2, 0.25) is 0 Å². The van der Waals surface area contributed by atoms with Crippen LogP contribution in [0.1, 0.15) is 71.1 Å². The number of rotatable bonds is 4. The highest BCUT2D eigenvalue weighted by molar-refractivity contribution is 4.93. The summed E-state index contributed by atoms with van der Waals surface area (Å²) < 4.78 is 0. The molecule has 0 aromatic heterocycles. The molecule has 1 heteroatoms. The number of hydrogen-bond donors (Lipinski definition) is 0. The maximum absolute atomic E-state index is 8.97. The van der Waals surface area contributed by atoms with Crippen molar-refractivity contribution < 1.29 is 0 Å². The van der Waals surface area contributed by atoms with Crippen LogP contribution in [0.15, 0.2) is 12.2 Å². The van der Waals surface area contributed by atoms with Crippen LogP contribution in [-0.2, 0) is 0 Å². The second kappa shape index (κ2) is 7.73. The third-order valence-electron chi connectivity index (χ3n) is 5.30. The van der Waals surface area contributed by atoms with Crippen LogP contribution in [0.25, 0.3) is 0 Å². The second-order valence-electron chi connectivity index (χ2n) is 6.63. The van der Waals surface area contributed by atoms with Crippen molar-refractivity contribution in [2.24, 2.45) is 23.7 Å². The SMILES string of the molecule is CCC/C=C/[C@H]1CC[C@H]([C@H]2CC[C@H](C#N)CC2)CC1. The molecule has 0 N–H and O–H groups in total. The average Bonchev–Trinajstić information content (AvgIpc) is 2.48. The summed E-state index contributed by atoms with van der Waals surface area (Å²) in [5.74, 6) is 3.13. The van der Waals surface area contributed by atoms with Gasteiger partial charge in [-0.2, -0.15) is 5.26 Å². The van der Waals surface area contributed by atoms with E-state index in [0.29, 0.717) is 5.92 Å². The van der Waals surface area contributed by atoms with E-state index in [1.54, 1.807) is 0 Å². The Balaban J connectivity index is 1.70. The van der Waals surface area contributed by atoms with E-state index >= 15 is 0 Å². The molecule has 19 heavy (non-hydrogen) atoms. The van der Waals surface area contributed by atoms with E-state index in [4.69, 9.17) is 5.26 Å². The Morgan fingerprint density at radius 2 is 1.53 bits per heavy atom. The Morgan fingerprint density at radius 3 is 2.05 bits per heavy atom. The van der Waals surface area contributed by atoms with Crippen molar-refractivity contribution in [2.75, 3.05) is 0 Å². The summed E-state index contributed by atoms with van der Waals surface area (Å²) in [6.45, 7) is 2.25. The summed E-state index contributed by atoms with van der Waals surface area (Å²) in [5.41, 5.74) is 0. The summed E-state index contributed by atoms with van der Waals surface area (Å²) >= 11 is 0. The van der Waals surface area contributed by atoms with Gasteiger partial charge in [-0.15, -0.1) is 0 Å². The first-order chi connectivity index (χ1) is 9.33. The molecule has 2 aliphatic carbocycles. The zero-order valence-electron chi connectivity index (χ0n) is 12.5. The molecule has 0 amide bonds. The molecule has 0 atom stereocenters. The Hall–Kier alpha value is -0.770. The monoisotopic (exact) mass is 259 g/mol. The quantitative estimate of drug-likeness (QED) is 0.613. The molecule has 1 nitrogen and oxygen atoms in total. The number of allylic oxidation sites excluding steroid dienone is 2. The predicted octanol–water partition coefficient (Wildman–Crippen LogP) is 5.48. The van der Waals surface area contributed by atoms with Crippen LogP contribution in [0.4, 0.5) is 0 Å². The maximum Gasteiger partial charge on any atom is 0.0655 e. The van der Waals surface area contributed by atoms with Gasteiger partial charge in [-0.3, -0.25) is 0 Å². The first kappa shape index (κ1) is 14.6. The van der Waals surface area contributed by atoms with Crippen molar-refractivity contribution in [3.8, 4) is 6.07 Å². The lowest BCUT2D eigenvalue weighted by molar-refractivity contribution is 0.168. The van der Waals surface area contributed by atoms with E-state index in [0.717, 1.165) is 30.6 Å². The lowest BCUT2D eigenvalue weighted by Crippen LogP contribution is -2.25. The van der Waals surface area contributed by atoms with Gasteiger partial charge < -0.3 is 0 Å². The lowest BCUT2D eigenvalue weighted by atomic mass is 9.69. The summed E-state index contributed by atoms with van der Waals surface area (Å²) in [5, 5.41) is 8.97. The molecule has 0 radical (unpaired) electrons. The van der Waals surface area contributed by atoms with E-state index in [1.165, 1.54) is 51.4 Å². The molecule has 0 aromatic rings. The van der Waals surface area contributed by atoms with Gasteiger partial charge in [-0.1, -0.05) is 25.5 Å². The minimum Gasteiger partial charge on any atom is -0.198 e. The minimum absolute atomic E-state index is 0.365. The highest BCUT2D eigenvalue weighted by atomic mass is 14.4. The molecule has 0 spiro atoms. The molecule has 0 unspecified atom stereocenters. The summed E-state index contributed by atoms with van der Waals surface area (Å²) in [6.07, 6.45) is 18.0. The second-order valence-corrected chi connectivity index (χ2v) is 6.63. The number of nitrogens with zero attached hydrogens (tertiary/aromatic N) is 1. The molecule has 0 aromatic carbocycles. The van der Waals surface area contributed by atoms with Crippen molar-refractivity contribution in [2.45, 2.75) is 71.1 Å². The van der Waals surface area contributed by atoms with Gasteiger partial charge in [0.1, 0.15) is 0 Å². The zero-order valence-corrected chi connectivity index (χ0v) is 12.5. The van der Waals surface area contributed by atoms with Crippen LogP contribution in [0, 0.1) is 35.0 Å². The molecule has 0 aliphatic heterocycles. The normalized spacial score (nSPS) is 36.2. The molecule has 2 aliphatic rings. The molecule has 2 rings (SSSR count). The molecular formula is C18H29N. The highest BCUT2D eigenvalue weighted by Gasteiger charge is 2.30. The van der Waals surface area contributed by atoms with Crippen molar-refractivity contribution in [1.82, 2.24) is 0 Å². The zero-order chi connectivity index (χ0) is 13.5. The topological polar surface area (TPSA) is 23.8 Å². The van der Waals surface area contributed by atoms with Crippen LogP contribution in [0.5, 0.6) is 0 Å². The third kappa shape index (κ3) is 4.37. The fraction of sp³-hybridized carbons (Fsp3) is 0.833. The summed E-state index contributed by atoms with van der Waals surface area (Å²) in [7, 11) is 0. The van der Waals surface area contributed by atoms with E-state index < -0.39 is 0 Å². The van der Waals surface area contributed by atoms with Crippen LogP contribution >= 0.6 is 0 Å². The van der Waals surface area contributed by atoms with Gasteiger partial charge in [0.15, 0.2) is 0 Å². The largest absolute Gasteiger partial charge is 0.198 e. The fourth-order valence-corrected chi connectivity index (χ4v) is 3.98. The molecule has 2 saturated carbocycles. The van der Waals surface area contributed by atoms with E-state index in [1.807, 2.05) is 0 Å². The first-order valence-electron chi connectivity index (χ1n) is 8.39.